The predicted octanol–water partition coefficient (Wildman–Crippen LogP) is 3.08. The number of hydrogen-bond acceptors (Lipinski definition) is 11. The first kappa shape index (κ1) is 39.2. The normalized spacial score (nSPS) is 23.2. The van der Waals surface area contributed by atoms with Gasteiger partial charge in [0.2, 0.25) is 27.7 Å². The van der Waals surface area contributed by atoms with Crippen molar-refractivity contribution < 1.29 is 46.6 Å². The van der Waals surface area contributed by atoms with E-state index in [-0.39, 0.29) is 43.9 Å². The molecule has 3 N–H and O–H groups in total. The second-order valence-corrected chi connectivity index (χ2v) is 16.5. The first-order valence-electron chi connectivity index (χ1n) is 17.6. The maximum absolute atomic E-state index is 14.4. The average molecular weight is 754 g/mol. The molecule has 2 aromatic rings. The standard InChI is InChI=1S/C37H47N5O10S/c1-7-9-24(43)10-15-29(39-35(47)52-36(3,4)5)33(45)42-21-26(51-32-28-14-11-25(50-6)18-22(28)16-17-38-32)19-30(42)31(44)40-37(20-23(37)8-2)34(46)41-53(48,49)27-12-13-27/h7-9,11,14,16-18,23,26-27,29-30H,2,10,12-13,15,19-21H2,1,3-6H3,(H,39,47)(H,40,44)(H,41,46). The number of carbonyl (C=O) groups excluding carboxylic acids is 5. The number of allylic oxidation sites excluding steroid dienone is 2. The van der Waals surface area contributed by atoms with Crippen LogP contribution in [0.4, 0.5) is 4.79 Å². The van der Waals surface area contributed by atoms with Gasteiger partial charge in [-0.25, -0.2) is 18.2 Å². The maximum atomic E-state index is 14.4. The summed E-state index contributed by atoms with van der Waals surface area (Å²) >= 11 is 0. The lowest BCUT2D eigenvalue weighted by Crippen LogP contribution is -2.58. The van der Waals surface area contributed by atoms with Gasteiger partial charge in [-0.1, -0.05) is 12.2 Å². The summed E-state index contributed by atoms with van der Waals surface area (Å²) in [7, 11) is -2.38. The van der Waals surface area contributed by atoms with Crippen LogP contribution >= 0.6 is 0 Å². The second kappa shape index (κ2) is 15.5. The third-order valence-electron chi connectivity index (χ3n) is 9.33. The van der Waals surface area contributed by atoms with Gasteiger partial charge in [0.1, 0.15) is 35.1 Å². The van der Waals surface area contributed by atoms with Crippen LogP contribution in [0.5, 0.6) is 11.6 Å². The van der Waals surface area contributed by atoms with Crippen LogP contribution in [0.1, 0.15) is 66.2 Å². The molecule has 1 aromatic carbocycles. The lowest BCUT2D eigenvalue weighted by molar-refractivity contribution is -0.141. The number of amides is 4. The molecule has 3 aliphatic rings. The summed E-state index contributed by atoms with van der Waals surface area (Å²) in [6.45, 7) is 10.3. The van der Waals surface area contributed by atoms with Crippen LogP contribution in [-0.4, -0.2) is 96.1 Å². The number of nitrogens with zero attached hydrogens (tertiary/aromatic N) is 2. The lowest BCUT2D eigenvalue weighted by Gasteiger charge is -2.30. The first-order chi connectivity index (χ1) is 25.0. The highest BCUT2D eigenvalue weighted by molar-refractivity contribution is 7.91. The zero-order chi connectivity index (χ0) is 38.7. The summed E-state index contributed by atoms with van der Waals surface area (Å²) in [5.74, 6) is -2.25. The number of nitrogens with one attached hydrogen (secondary N) is 3. The number of carbonyl (C=O) groups is 5. The highest BCUT2D eigenvalue weighted by Gasteiger charge is 2.62. The molecule has 0 spiro atoms. The number of ketones is 1. The Labute approximate surface area is 308 Å². The molecule has 0 radical (unpaired) electrons. The van der Waals surface area contributed by atoms with Crippen molar-refractivity contribution in [3.63, 3.8) is 0 Å². The van der Waals surface area contributed by atoms with Gasteiger partial charge in [0, 0.05) is 30.3 Å². The Kier molecular flexibility index (Phi) is 11.5. The Morgan fingerprint density at radius 3 is 2.51 bits per heavy atom. The summed E-state index contributed by atoms with van der Waals surface area (Å²) in [6.07, 6.45) is 5.02. The smallest absolute Gasteiger partial charge is 0.408 e. The SMILES string of the molecule is C=CC1CC1(NC(=O)C1CC(Oc2nccc3cc(OC)ccc23)CN1C(=O)C(CCC(=O)C=CC)NC(=O)OC(C)(C)C)C(=O)NS(=O)(=O)C1CC1. The molecule has 5 unspecified atom stereocenters. The zero-order valence-electron chi connectivity index (χ0n) is 30.5. The van der Waals surface area contributed by atoms with Crippen LogP contribution in [0.25, 0.3) is 10.8 Å². The fraction of sp³-hybridized carbons (Fsp3) is 0.514. The Hall–Kier alpha value is -4.99. The van der Waals surface area contributed by atoms with Crippen LogP contribution in [0.15, 0.2) is 55.3 Å². The molecule has 0 bridgehead atoms. The molecule has 2 aliphatic carbocycles. The molecular weight excluding hydrogens is 706 g/mol. The van der Waals surface area contributed by atoms with Crippen LogP contribution in [0.3, 0.4) is 0 Å². The minimum absolute atomic E-state index is 0.0424. The summed E-state index contributed by atoms with van der Waals surface area (Å²) in [4.78, 5) is 73.1. The van der Waals surface area contributed by atoms with Crippen LogP contribution < -0.4 is 24.8 Å². The fourth-order valence-corrected chi connectivity index (χ4v) is 7.73. The van der Waals surface area contributed by atoms with Gasteiger partial charge in [-0.2, -0.15) is 0 Å². The number of alkyl carbamates (subject to hydrolysis) is 1. The average Bonchev–Trinajstić information content (AvgIpc) is 4.02. The number of methoxy groups -OCH3 is 1. The highest BCUT2D eigenvalue weighted by atomic mass is 32.2. The van der Waals surface area contributed by atoms with E-state index in [9.17, 15) is 32.4 Å². The second-order valence-electron chi connectivity index (χ2n) is 14.6. The molecule has 4 amide bonds. The molecule has 1 aromatic heterocycles. The quantitative estimate of drug-likeness (QED) is 0.178. The van der Waals surface area contributed by atoms with Crippen LogP contribution in [-0.2, 0) is 33.9 Å². The number of fused-ring (bicyclic) bond motifs is 1. The molecule has 5 rings (SSSR count). The van der Waals surface area contributed by atoms with E-state index in [4.69, 9.17) is 14.2 Å². The van der Waals surface area contributed by atoms with Crippen molar-refractivity contribution in [2.24, 2.45) is 5.92 Å². The third kappa shape index (κ3) is 9.33. The third-order valence-corrected chi connectivity index (χ3v) is 11.2. The monoisotopic (exact) mass is 753 g/mol. The fourth-order valence-electron chi connectivity index (χ4n) is 6.36. The van der Waals surface area contributed by atoms with Crippen molar-refractivity contribution in [3.8, 4) is 11.6 Å². The van der Waals surface area contributed by atoms with Crippen LogP contribution in [0.2, 0.25) is 0 Å². The number of aromatic nitrogens is 1. The minimum Gasteiger partial charge on any atom is -0.497 e. The largest absolute Gasteiger partial charge is 0.497 e. The van der Waals surface area contributed by atoms with E-state index in [1.807, 2.05) is 6.07 Å². The van der Waals surface area contributed by atoms with E-state index in [1.54, 1.807) is 65.3 Å². The summed E-state index contributed by atoms with van der Waals surface area (Å²) < 4.78 is 44.6. The molecule has 15 nitrogen and oxygen atoms in total. The lowest BCUT2D eigenvalue weighted by atomic mass is 10.1. The number of ether oxygens (including phenoxy) is 3. The molecule has 1 aliphatic heterocycles. The van der Waals surface area contributed by atoms with Crippen molar-refractivity contribution in [3.05, 3.63) is 55.3 Å². The number of rotatable bonds is 15. The highest BCUT2D eigenvalue weighted by Crippen LogP contribution is 2.45. The Morgan fingerprint density at radius 2 is 1.89 bits per heavy atom. The summed E-state index contributed by atoms with van der Waals surface area (Å²) in [5, 5.41) is 6.08. The molecule has 5 atom stereocenters. The van der Waals surface area contributed by atoms with E-state index in [0.717, 1.165) is 5.39 Å². The number of likely N-dealkylation sites (tertiary alicyclic amines) is 1. The van der Waals surface area contributed by atoms with Crippen molar-refractivity contribution in [1.82, 2.24) is 25.2 Å². The molecule has 16 heteroatoms. The molecule has 2 heterocycles. The van der Waals surface area contributed by atoms with E-state index < -0.39 is 74.3 Å². The van der Waals surface area contributed by atoms with Gasteiger partial charge in [0.15, 0.2) is 5.78 Å². The van der Waals surface area contributed by atoms with E-state index in [0.29, 0.717) is 24.0 Å². The van der Waals surface area contributed by atoms with E-state index in [1.165, 1.54) is 17.1 Å². The van der Waals surface area contributed by atoms with Crippen molar-refractivity contribution in [2.45, 2.75) is 101 Å². The Balaban J connectivity index is 1.44. The van der Waals surface area contributed by atoms with Gasteiger partial charge >= 0.3 is 6.09 Å². The van der Waals surface area contributed by atoms with Crippen molar-refractivity contribution >= 4 is 50.4 Å². The van der Waals surface area contributed by atoms with E-state index in [2.05, 4.69) is 26.9 Å². The number of pyridine rings is 1. The van der Waals surface area contributed by atoms with Gasteiger partial charge in [-0.05, 0) is 89.1 Å². The van der Waals surface area contributed by atoms with Gasteiger partial charge in [0.25, 0.3) is 5.91 Å². The number of hydrogen-bond donors (Lipinski definition) is 3. The van der Waals surface area contributed by atoms with Gasteiger partial charge in [0.05, 0.1) is 18.9 Å². The van der Waals surface area contributed by atoms with Gasteiger partial charge < -0.3 is 29.7 Å². The van der Waals surface area contributed by atoms with E-state index >= 15 is 0 Å². The predicted molar refractivity (Wildman–Crippen MR) is 194 cm³/mol. The minimum atomic E-state index is -3.93. The van der Waals surface area contributed by atoms with Crippen molar-refractivity contribution in [1.29, 1.82) is 0 Å². The number of sulfonamides is 1. The Morgan fingerprint density at radius 1 is 1.15 bits per heavy atom. The first-order valence-corrected chi connectivity index (χ1v) is 19.1. The Bertz CT molecular complexity index is 1920. The molecule has 3 fully saturated rings. The van der Waals surface area contributed by atoms with Crippen LogP contribution in [0, 0.1) is 5.92 Å². The number of benzene rings is 1. The topological polar surface area (TPSA) is 199 Å². The molecule has 286 valence electrons. The molecule has 1 saturated heterocycles. The summed E-state index contributed by atoms with van der Waals surface area (Å²) in [6, 6.07) is 4.62. The zero-order valence-corrected chi connectivity index (χ0v) is 31.4. The summed E-state index contributed by atoms with van der Waals surface area (Å²) in [5.41, 5.74) is -2.49. The van der Waals surface area contributed by atoms with Crippen molar-refractivity contribution in [2.75, 3.05) is 13.7 Å². The molecule has 53 heavy (non-hydrogen) atoms. The molecule has 2 saturated carbocycles. The maximum Gasteiger partial charge on any atom is 0.408 e. The van der Waals surface area contributed by atoms with Gasteiger partial charge in [-0.15, -0.1) is 6.58 Å². The van der Waals surface area contributed by atoms with Gasteiger partial charge in [-0.3, -0.25) is 23.9 Å². The molecular formula is C37H47N5O10S.